The van der Waals surface area contributed by atoms with E-state index in [1.807, 2.05) is 19.9 Å². The van der Waals surface area contributed by atoms with E-state index >= 15 is 4.79 Å². The summed E-state index contributed by atoms with van der Waals surface area (Å²) in [5.41, 5.74) is -6.82. The molecular formula is C48H62N2O11. The number of ether oxygens (including phenoxy) is 4. The number of Topliss-reactive ketones (excluding diaryl/α,β-unsaturated/α-hetero) is 1. The topological polar surface area (TPSA) is 181 Å². The fraction of sp³-hybridized carbons (Fsp3) is 0.771. The van der Waals surface area contributed by atoms with Gasteiger partial charge in [0.25, 0.3) is 0 Å². The van der Waals surface area contributed by atoms with Crippen molar-refractivity contribution in [2.24, 2.45) is 56.7 Å². The molecule has 0 radical (unpaired) electrons. The van der Waals surface area contributed by atoms with Crippen LogP contribution >= 0.6 is 0 Å². The highest BCUT2D eigenvalue weighted by Crippen LogP contribution is 2.87. The summed E-state index contributed by atoms with van der Waals surface area (Å²) < 4.78 is 33.0. The van der Waals surface area contributed by atoms with E-state index in [2.05, 4.69) is 41.6 Å². The van der Waals surface area contributed by atoms with Crippen LogP contribution < -0.4 is 5.32 Å². The predicted octanol–water partition coefficient (Wildman–Crippen LogP) is 4.28. The maximum atomic E-state index is 15.8. The van der Waals surface area contributed by atoms with Crippen molar-refractivity contribution in [3.8, 4) is 0 Å². The summed E-state index contributed by atoms with van der Waals surface area (Å²) in [5.74, 6) is -0.245. The average molecular weight is 843 g/mol. The number of fused-ring (bicyclic) bond motifs is 4. The van der Waals surface area contributed by atoms with E-state index in [-0.39, 0.29) is 43.2 Å². The molecule has 13 rings (SSSR count). The van der Waals surface area contributed by atoms with E-state index in [9.17, 15) is 24.9 Å². The molecule has 16 atom stereocenters. The Morgan fingerprint density at radius 3 is 2.62 bits per heavy atom. The SMILES string of the molecule is CC1(C)O[C@H]2CC(=O)OC[C@]23[C@H]2CC[C@@]4(C)[C@H](c5ccoc5C[C@@H]([C@H]5CC[C@H]6[C@H](C=CN7CNC[C@H]67)C5)[C@H](O)CO)OC(=O)[C@H]5O[C@]54[C@]24[C@H](O)C(=O)[C@]13C=CC41CCCCC1. The molecule has 13 nitrogen and oxygen atoms in total. The van der Waals surface area contributed by atoms with Gasteiger partial charge < -0.3 is 43.6 Å². The Kier molecular flexibility index (Phi) is 8.30. The number of cyclic esters (lactones) is 2. The molecule has 12 aliphatic rings. The second-order valence-corrected chi connectivity index (χ2v) is 21.9. The van der Waals surface area contributed by atoms with E-state index in [4.69, 9.17) is 23.4 Å². The van der Waals surface area contributed by atoms with E-state index in [1.165, 1.54) is 0 Å². The highest BCUT2D eigenvalue weighted by Gasteiger charge is 2.97. The second-order valence-electron chi connectivity index (χ2n) is 21.9. The third kappa shape index (κ3) is 4.43. The summed E-state index contributed by atoms with van der Waals surface area (Å²) in [5, 5.41) is 38.9. The number of nitrogens with zero attached hydrogens (tertiary/aromatic N) is 1. The van der Waals surface area contributed by atoms with Crippen LogP contribution in [-0.2, 0) is 39.8 Å². The third-order valence-electron chi connectivity index (χ3n) is 19.9. The summed E-state index contributed by atoms with van der Waals surface area (Å²) in [7, 11) is 0. The van der Waals surface area contributed by atoms with Crippen LogP contribution in [0.25, 0.3) is 0 Å². The highest BCUT2D eigenvalue weighted by atomic mass is 16.7. The Morgan fingerprint density at radius 2 is 1.82 bits per heavy atom. The lowest BCUT2D eigenvalue weighted by atomic mass is 9.29. The van der Waals surface area contributed by atoms with Crippen molar-refractivity contribution in [3.05, 3.63) is 48.1 Å². The van der Waals surface area contributed by atoms with Crippen LogP contribution in [0.5, 0.6) is 0 Å². The first-order valence-corrected chi connectivity index (χ1v) is 23.4. The number of aliphatic hydroxyl groups is 3. The summed E-state index contributed by atoms with van der Waals surface area (Å²) in [4.78, 5) is 46.0. The van der Waals surface area contributed by atoms with E-state index in [0.717, 1.165) is 64.6 Å². The monoisotopic (exact) mass is 842 g/mol. The Labute approximate surface area is 356 Å². The van der Waals surface area contributed by atoms with Gasteiger partial charge in [0.15, 0.2) is 11.9 Å². The van der Waals surface area contributed by atoms with Crippen LogP contribution in [0.4, 0.5) is 0 Å². The molecule has 0 unspecified atom stereocenters. The van der Waals surface area contributed by atoms with Crippen molar-refractivity contribution in [2.75, 3.05) is 26.4 Å². The molecular weight excluding hydrogens is 781 g/mol. The zero-order valence-corrected chi connectivity index (χ0v) is 35.7. The third-order valence-corrected chi connectivity index (χ3v) is 19.9. The lowest BCUT2D eigenvalue weighted by Crippen LogP contribution is -2.82. The van der Waals surface area contributed by atoms with Crippen LogP contribution in [0, 0.1) is 56.7 Å². The molecule has 6 aliphatic carbocycles. The number of epoxide rings is 1. The first kappa shape index (κ1) is 39.5. The summed E-state index contributed by atoms with van der Waals surface area (Å²) in [6, 6.07) is 2.35. The van der Waals surface area contributed by atoms with Crippen LogP contribution in [0.2, 0.25) is 0 Å². The molecule has 330 valence electrons. The van der Waals surface area contributed by atoms with E-state index in [0.29, 0.717) is 48.5 Å². The maximum Gasteiger partial charge on any atom is 0.339 e. The number of hydrogen-bond acceptors (Lipinski definition) is 13. The van der Waals surface area contributed by atoms with Crippen molar-refractivity contribution in [2.45, 2.75) is 146 Å². The van der Waals surface area contributed by atoms with Gasteiger partial charge in [-0.3, -0.25) is 14.9 Å². The maximum absolute atomic E-state index is 15.8. The number of carbonyl (C=O) groups excluding carboxylic acids is 3. The van der Waals surface area contributed by atoms with Gasteiger partial charge in [-0.15, -0.1) is 0 Å². The summed E-state index contributed by atoms with van der Waals surface area (Å²) in [6.45, 7) is 7.44. The minimum Gasteiger partial charge on any atom is -0.469 e. The number of hydrogen-bond donors (Lipinski definition) is 4. The Bertz CT molecular complexity index is 2110. The molecule has 7 heterocycles. The Balaban J connectivity index is 0.967. The average Bonchev–Trinajstić information content (AvgIpc) is 3.53. The minimum atomic E-state index is -1.49. The number of allylic oxidation sites excluding steroid dienone is 2. The van der Waals surface area contributed by atoms with Crippen molar-refractivity contribution in [1.29, 1.82) is 0 Å². The molecule has 1 aromatic rings. The molecule has 5 spiro atoms. The van der Waals surface area contributed by atoms with Gasteiger partial charge in [-0.25, -0.2) is 4.79 Å². The molecule has 13 heteroatoms. The van der Waals surface area contributed by atoms with E-state index in [1.54, 1.807) is 6.26 Å². The standard InChI is InChI=1S/C48H62N2O11/c1-42(2)46-16-15-44(12-5-4-6-13-44)47(38(55)37(46)54)34(45(46)24-58-36(53)21-35(45)60-42)9-14-43(3)39(59-41(56)40-48(43,47)61-40)29-11-18-57-33(29)20-30(32(52)23-51)26-7-8-28-27(19-26)10-17-50-25-49-22-31(28)50/h10-11,15-18,26-28,30-32,34-35,38-40,49,51-52,55H,4-9,12-14,19-25H2,1-3H3/t26-,27+,28-,30-,31+,32+,34+,35-,38+,39-,40+,43-,45-,46+,47-,48+/m0/s1. The van der Waals surface area contributed by atoms with Crippen LogP contribution in [0.3, 0.4) is 0 Å². The van der Waals surface area contributed by atoms with Gasteiger partial charge in [0.2, 0.25) is 0 Å². The molecule has 61 heavy (non-hydrogen) atoms. The minimum absolute atomic E-state index is 0.00856. The molecule has 1 aromatic heterocycles. The lowest BCUT2D eigenvalue weighted by molar-refractivity contribution is -0.292. The number of rotatable bonds is 6. The molecule has 4 saturated carbocycles. The van der Waals surface area contributed by atoms with E-state index < -0.39 is 80.7 Å². The number of nitrogens with one attached hydrogen (secondary N) is 1. The molecule has 9 fully saturated rings. The van der Waals surface area contributed by atoms with Gasteiger partial charge >= 0.3 is 11.9 Å². The summed E-state index contributed by atoms with van der Waals surface area (Å²) >= 11 is 0. The quantitative estimate of drug-likeness (QED) is 0.181. The number of furan rings is 1. The van der Waals surface area contributed by atoms with Gasteiger partial charge in [-0.1, -0.05) is 44.4 Å². The van der Waals surface area contributed by atoms with Gasteiger partial charge in [0.05, 0.1) is 54.6 Å². The van der Waals surface area contributed by atoms with Crippen LogP contribution in [0.1, 0.15) is 109 Å². The van der Waals surface area contributed by atoms with Crippen LogP contribution in [-0.4, -0.2) is 106 Å². The molecule has 2 bridgehead atoms. The fourth-order valence-corrected chi connectivity index (χ4v) is 17.6. The van der Waals surface area contributed by atoms with Gasteiger partial charge in [-0.2, -0.15) is 0 Å². The Hall–Kier alpha value is -3.07. The Morgan fingerprint density at radius 1 is 1.00 bits per heavy atom. The molecule has 4 N–H and O–H groups in total. The number of ketones is 1. The zero-order chi connectivity index (χ0) is 42.1. The fourth-order valence-electron chi connectivity index (χ4n) is 17.6. The number of carbonyl (C=O) groups is 3. The van der Waals surface area contributed by atoms with Gasteiger partial charge in [0, 0.05) is 35.4 Å². The van der Waals surface area contributed by atoms with Gasteiger partial charge in [0.1, 0.15) is 30.2 Å². The second kappa shape index (κ2) is 12.8. The zero-order valence-electron chi connectivity index (χ0n) is 35.7. The highest BCUT2D eigenvalue weighted by molar-refractivity contribution is 5.98. The normalized spacial score (nSPS) is 49.0. The van der Waals surface area contributed by atoms with Crippen molar-refractivity contribution in [1.82, 2.24) is 10.2 Å². The number of aliphatic hydroxyl groups excluding tert-OH is 3. The molecule has 0 aromatic carbocycles. The largest absolute Gasteiger partial charge is 0.469 e. The van der Waals surface area contributed by atoms with Crippen molar-refractivity contribution in [3.63, 3.8) is 0 Å². The summed E-state index contributed by atoms with van der Waals surface area (Å²) in [6.07, 6.45) is 14.2. The first-order valence-electron chi connectivity index (χ1n) is 23.4. The molecule has 6 aliphatic heterocycles. The van der Waals surface area contributed by atoms with Crippen molar-refractivity contribution >= 4 is 17.7 Å². The molecule has 0 amide bonds. The smallest absolute Gasteiger partial charge is 0.339 e. The van der Waals surface area contributed by atoms with Crippen LogP contribution in [0.15, 0.2) is 41.2 Å². The van der Waals surface area contributed by atoms with Crippen molar-refractivity contribution < 1.29 is 53.1 Å². The lowest BCUT2D eigenvalue weighted by Gasteiger charge is -2.72. The molecule has 5 saturated heterocycles. The van der Waals surface area contributed by atoms with Gasteiger partial charge in [-0.05, 0) is 106 Å². The first-order chi connectivity index (χ1) is 29.3. The predicted molar refractivity (Wildman–Crippen MR) is 216 cm³/mol. The number of esters is 2.